The Morgan fingerprint density at radius 1 is 0.717 bits per heavy atom. The van der Waals surface area contributed by atoms with Crippen molar-refractivity contribution in [2.24, 2.45) is 0 Å². The maximum Gasteiger partial charge on any atom is 0.343 e. The highest BCUT2D eigenvalue weighted by atomic mass is 32.2. The van der Waals surface area contributed by atoms with Gasteiger partial charge in [-0.05, 0) is 91.6 Å². The molecule has 0 aliphatic carbocycles. The Hall–Kier alpha value is -4.04. The van der Waals surface area contributed by atoms with E-state index in [1.54, 1.807) is 55.3 Å². The topological polar surface area (TPSA) is 88.1 Å². The Kier molecular flexibility index (Phi) is 16.5. The molecule has 0 spiro atoms. The monoisotopic (exact) mass is 646 g/mol. The predicted octanol–water partition coefficient (Wildman–Crippen LogP) is 9.42. The predicted molar refractivity (Wildman–Crippen MR) is 183 cm³/mol. The number of hydrogen-bond acceptors (Lipinski definition) is 8. The second-order valence-electron chi connectivity index (χ2n) is 11.0. The van der Waals surface area contributed by atoms with E-state index in [0.717, 1.165) is 36.0 Å². The first-order valence-corrected chi connectivity index (χ1v) is 17.2. The molecule has 0 fully saturated rings. The van der Waals surface area contributed by atoms with Crippen molar-refractivity contribution in [1.82, 2.24) is 0 Å². The number of hydrogen-bond donors (Lipinski definition) is 0. The van der Waals surface area contributed by atoms with Gasteiger partial charge in [0.1, 0.15) is 17.2 Å². The van der Waals surface area contributed by atoms with Crippen LogP contribution in [-0.2, 0) is 16.0 Å². The molecule has 0 unspecified atom stereocenters. The van der Waals surface area contributed by atoms with Gasteiger partial charge in [0, 0.05) is 11.0 Å². The Labute approximate surface area is 277 Å². The van der Waals surface area contributed by atoms with Crippen molar-refractivity contribution in [2.45, 2.75) is 82.4 Å². The molecule has 0 amide bonds. The van der Waals surface area contributed by atoms with Gasteiger partial charge in [-0.25, -0.2) is 14.4 Å². The van der Waals surface area contributed by atoms with Gasteiger partial charge in [0.15, 0.2) is 0 Å². The molecular formula is C38H46O7S. The summed E-state index contributed by atoms with van der Waals surface area (Å²) in [5, 5.41) is 0. The van der Waals surface area contributed by atoms with Gasteiger partial charge in [0.25, 0.3) is 0 Å². The van der Waals surface area contributed by atoms with Crippen LogP contribution in [-0.4, -0.2) is 37.4 Å². The lowest BCUT2D eigenvalue weighted by molar-refractivity contribution is -0.137. The number of rotatable bonds is 21. The smallest absolute Gasteiger partial charge is 0.343 e. The largest absolute Gasteiger partial charge is 0.496 e. The first kappa shape index (κ1) is 36.4. The first-order valence-electron chi connectivity index (χ1n) is 16.2. The number of carbonyl (C=O) groups is 3. The molecule has 0 heterocycles. The van der Waals surface area contributed by atoms with Gasteiger partial charge in [0.05, 0.1) is 24.8 Å². The second kappa shape index (κ2) is 20.9. The van der Waals surface area contributed by atoms with Crippen LogP contribution in [0.1, 0.15) is 97.4 Å². The van der Waals surface area contributed by atoms with Crippen molar-refractivity contribution in [3.8, 4) is 17.2 Å². The van der Waals surface area contributed by atoms with Crippen molar-refractivity contribution in [1.29, 1.82) is 0 Å². The molecule has 7 nitrogen and oxygen atoms in total. The second-order valence-corrected chi connectivity index (χ2v) is 12.1. The summed E-state index contributed by atoms with van der Waals surface area (Å²) in [4.78, 5) is 37.5. The molecule has 0 saturated carbocycles. The Balaban J connectivity index is 1.42. The minimum absolute atomic E-state index is 0.307. The van der Waals surface area contributed by atoms with Crippen LogP contribution in [0.4, 0.5) is 0 Å². The fourth-order valence-corrected chi connectivity index (χ4v) is 5.73. The Morgan fingerprint density at radius 3 is 1.93 bits per heavy atom. The summed E-state index contributed by atoms with van der Waals surface area (Å²) < 4.78 is 21.5. The molecule has 0 aliphatic heterocycles. The van der Waals surface area contributed by atoms with Crippen LogP contribution in [0.25, 0.3) is 0 Å². The molecule has 0 aliphatic rings. The van der Waals surface area contributed by atoms with E-state index < -0.39 is 17.9 Å². The van der Waals surface area contributed by atoms with Gasteiger partial charge >= 0.3 is 17.9 Å². The summed E-state index contributed by atoms with van der Waals surface area (Å²) in [6.07, 6.45) is 14.1. The van der Waals surface area contributed by atoms with Crippen LogP contribution < -0.4 is 14.2 Å². The zero-order valence-corrected chi connectivity index (χ0v) is 27.9. The molecule has 46 heavy (non-hydrogen) atoms. The zero-order valence-electron chi connectivity index (χ0n) is 27.1. The summed E-state index contributed by atoms with van der Waals surface area (Å²) in [7, 11) is 1.55. The number of esters is 3. The molecule has 0 aromatic heterocycles. The Morgan fingerprint density at radius 2 is 1.30 bits per heavy atom. The molecule has 0 N–H and O–H groups in total. The molecule has 246 valence electrons. The van der Waals surface area contributed by atoms with Gasteiger partial charge in [-0.1, -0.05) is 70.6 Å². The molecule has 0 radical (unpaired) electrons. The molecular weight excluding hydrogens is 600 g/mol. The third-order valence-electron chi connectivity index (χ3n) is 7.36. The fourth-order valence-electron chi connectivity index (χ4n) is 4.71. The average molecular weight is 647 g/mol. The molecule has 3 rings (SSSR count). The quantitative estimate of drug-likeness (QED) is 0.0372. The van der Waals surface area contributed by atoms with Crippen molar-refractivity contribution in [3.63, 3.8) is 0 Å². The lowest BCUT2D eigenvalue weighted by Crippen LogP contribution is -2.10. The summed E-state index contributed by atoms with van der Waals surface area (Å²) >= 11 is 1.59. The number of carbonyl (C=O) groups excluding carboxylic acids is 3. The van der Waals surface area contributed by atoms with Crippen LogP contribution in [0, 0.1) is 0 Å². The van der Waals surface area contributed by atoms with Gasteiger partial charge in [0.2, 0.25) is 0 Å². The van der Waals surface area contributed by atoms with Crippen molar-refractivity contribution >= 4 is 29.7 Å². The lowest BCUT2D eigenvalue weighted by Gasteiger charge is -2.11. The Bertz CT molecular complexity index is 1380. The first-order chi connectivity index (χ1) is 22.4. The summed E-state index contributed by atoms with van der Waals surface area (Å²) in [6.45, 7) is 5.97. The SMILES string of the molecule is C=CC(=O)OCCCCSc1ccc(C(=O)Oc2ccc(C(=O)Oc3ccc(CCCCCCCCCC)cc3)cc2)cc1OC. The van der Waals surface area contributed by atoms with E-state index in [4.69, 9.17) is 18.9 Å². The lowest BCUT2D eigenvalue weighted by atomic mass is 10.0. The highest BCUT2D eigenvalue weighted by Gasteiger charge is 2.14. The van der Waals surface area contributed by atoms with Crippen LogP contribution in [0.15, 0.2) is 84.3 Å². The van der Waals surface area contributed by atoms with Crippen LogP contribution >= 0.6 is 11.8 Å². The van der Waals surface area contributed by atoms with E-state index in [2.05, 4.69) is 13.5 Å². The van der Waals surface area contributed by atoms with E-state index >= 15 is 0 Å². The van der Waals surface area contributed by atoms with E-state index in [1.165, 1.54) is 56.9 Å². The van der Waals surface area contributed by atoms with E-state index in [-0.39, 0.29) is 0 Å². The number of ether oxygens (including phenoxy) is 4. The van der Waals surface area contributed by atoms with Gasteiger partial charge in [-0.2, -0.15) is 0 Å². The summed E-state index contributed by atoms with van der Waals surface area (Å²) in [5.74, 6) is 0.718. The van der Waals surface area contributed by atoms with Gasteiger partial charge in [-0.15, -0.1) is 11.8 Å². The van der Waals surface area contributed by atoms with E-state index in [0.29, 0.717) is 35.0 Å². The normalized spacial score (nSPS) is 10.7. The third kappa shape index (κ3) is 13.1. The minimum atomic E-state index is -0.540. The zero-order chi connectivity index (χ0) is 33.0. The standard InChI is InChI=1S/C38H46O7S/c1-4-6-7-8-9-10-11-12-15-29-16-21-32(22-17-29)44-37(40)30-18-23-33(24-19-30)45-38(41)31-20-25-35(34(28-31)42-3)46-27-14-13-26-43-36(39)5-2/h5,16-25,28H,2,4,6-15,26-27H2,1,3H3. The minimum Gasteiger partial charge on any atom is -0.496 e. The number of methoxy groups -OCH3 is 1. The molecule has 3 aromatic carbocycles. The van der Waals surface area contributed by atoms with Gasteiger partial charge < -0.3 is 18.9 Å². The number of thioether (sulfide) groups is 1. The van der Waals surface area contributed by atoms with Crippen LogP contribution in [0.2, 0.25) is 0 Å². The van der Waals surface area contributed by atoms with Gasteiger partial charge in [-0.3, -0.25) is 0 Å². The molecule has 0 bridgehead atoms. The van der Waals surface area contributed by atoms with E-state index in [1.807, 2.05) is 30.3 Å². The molecule has 0 saturated heterocycles. The number of aryl methyl sites for hydroxylation is 1. The molecule has 3 aromatic rings. The maximum absolute atomic E-state index is 12.8. The summed E-state index contributed by atoms with van der Waals surface area (Å²) in [5.41, 5.74) is 1.93. The third-order valence-corrected chi connectivity index (χ3v) is 8.50. The fraction of sp³-hybridized carbons (Fsp3) is 0.395. The summed E-state index contributed by atoms with van der Waals surface area (Å²) in [6, 6.07) is 19.1. The highest BCUT2D eigenvalue weighted by molar-refractivity contribution is 7.99. The number of unbranched alkanes of at least 4 members (excludes halogenated alkanes) is 8. The molecule has 8 heteroatoms. The maximum atomic E-state index is 12.8. The number of benzene rings is 3. The van der Waals surface area contributed by atoms with Crippen molar-refractivity contribution < 1.29 is 33.3 Å². The van der Waals surface area contributed by atoms with Crippen LogP contribution in [0.5, 0.6) is 17.2 Å². The molecule has 0 atom stereocenters. The highest BCUT2D eigenvalue weighted by Crippen LogP contribution is 2.31. The average Bonchev–Trinajstić information content (AvgIpc) is 3.08. The van der Waals surface area contributed by atoms with Crippen molar-refractivity contribution in [2.75, 3.05) is 19.5 Å². The van der Waals surface area contributed by atoms with E-state index in [9.17, 15) is 14.4 Å². The van der Waals surface area contributed by atoms with Crippen LogP contribution in [0.3, 0.4) is 0 Å². The van der Waals surface area contributed by atoms with Crippen molar-refractivity contribution in [3.05, 3.63) is 96.1 Å².